The summed E-state index contributed by atoms with van der Waals surface area (Å²) >= 11 is 1.67. The molecule has 1 amide bonds. The van der Waals surface area contributed by atoms with Gasteiger partial charge in [0.1, 0.15) is 5.01 Å². The van der Waals surface area contributed by atoms with Crippen molar-refractivity contribution in [2.24, 2.45) is 0 Å². The van der Waals surface area contributed by atoms with Crippen molar-refractivity contribution in [2.75, 3.05) is 20.8 Å². The van der Waals surface area contributed by atoms with Gasteiger partial charge in [0.15, 0.2) is 11.5 Å². The first-order valence-corrected chi connectivity index (χ1v) is 9.87. The molecule has 1 heterocycles. The maximum atomic E-state index is 12.6. The van der Waals surface area contributed by atoms with Crippen molar-refractivity contribution in [3.05, 3.63) is 64.2 Å². The van der Waals surface area contributed by atoms with E-state index in [1.54, 1.807) is 36.6 Å². The Bertz CT molecular complexity index is 964. The van der Waals surface area contributed by atoms with Crippen LogP contribution in [-0.2, 0) is 6.42 Å². The fraction of sp³-hybridized carbons (Fsp3) is 0.273. The molecule has 3 aromatic rings. The average Bonchev–Trinajstić information content (AvgIpc) is 3.08. The molecule has 1 N–H and O–H groups in total. The van der Waals surface area contributed by atoms with Gasteiger partial charge in [0.05, 0.1) is 25.5 Å². The molecule has 146 valence electrons. The summed E-state index contributed by atoms with van der Waals surface area (Å²) in [6.45, 7) is 4.61. The maximum Gasteiger partial charge on any atom is 0.255 e. The number of hydrogen-bond donors (Lipinski definition) is 1. The lowest BCUT2D eigenvalue weighted by Crippen LogP contribution is -2.26. The average molecular weight is 397 g/mol. The predicted octanol–water partition coefficient (Wildman–Crippen LogP) is 4.42. The van der Waals surface area contributed by atoms with Gasteiger partial charge in [-0.05, 0) is 26.0 Å². The van der Waals surface area contributed by atoms with Gasteiger partial charge in [-0.1, -0.05) is 35.9 Å². The van der Waals surface area contributed by atoms with Crippen molar-refractivity contribution in [3.8, 4) is 22.1 Å². The van der Waals surface area contributed by atoms with Crippen molar-refractivity contribution in [1.29, 1.82) is 0 Å². The molecule has 0 radical (unpaired) electrons. The highest BCUT2D eigenvalue weighted by atomic mass is 32.1. The van der Waals surface area contributed by atoms with Crippen LogP contribution in [0.5, 0.6) is 11.5 Å². The highest BCUT2D eigenvalue weighted by Crippen LogP contribution is 2.31. The molecule has 5 nitrogen and oxygen atoms in total. The Labute approximate surface area is 169 Å². The molecule has 0 saturated carbocycles. The van der Waals surface area contributed by atoms with E-state index < -0.39 is 0 Å². The first kappa shape index (κ1) is 19.9. The van der Waals surface area contributed by atoms with Gasteiger partial charge < -0.3 is 14.8 Å². The summed E-state index contributed by atoms with van der Waals surface area (Å²) in [5.74, 6) is 0.797. The molecule has 0 atom stereocenters. The summed E-state index contributed by atoms with van der Waals surface area (Å²) in [7, 11) is 3.08. The molecule has 2 aromatic carbocycles. The number of rotatable bonds is 7. The summed E-state index contributed by atoms with van der Waals surface area (Å²) in [6, 6.07) is 13.6. The first-order chi connectivity index (χ1) is 13.5. The van der Waals surface area contributed by atoms with Crippen molar-refractivity contribution in [3.63, 3.8) is 0 Å². The lowest BCUT2D eigenvalue weighted by Gasteiger charge is -2.12. The molecule has 0 aliphatic rings. The largest absolute Gasteiger partial charge is 0.493 e. The van der Waals surface area contributed by atoms with Crippen molar-refractivity contribution in [1.82, 2.24) is 10.3 Å². The van der Waals surface area contributed by atoms with Gasteiger partial charge in [-0.2, -0.15) is 0 Å². The topological polar surface area (TPSA) is 60.5 Å². The Balaban J connectivity index is 1.66. The van der Waals surface area contributed by atoms with Gasteiger partial charge in [-0.25, -0.2) is 4.98 Å². The standard InChI is InChI=1S/C22H24N2O3S/c1-14-8-10-16(11-9-14)22-24-15(2)19(28-22)12-13-23-21(25)17-6-5-7-18(26-3)20(17)27-4/h5-11H,12-13H2,1-4H3,(H,23,25). The van der Waals surface area contributed by atoms with E-state index in [9.17, 15) is 4.79 Å². The van der Waals surface area contributed by atoms with E-state index in [2.05, 4.69) is 41.5 Å². The molecular weight excluding hydrogens is 372 g/mol. The van der Waals surface area contributed by atoms with E-state index >= 15 is 0 Å². The van der Waals surface area contributed by atoms with E-state index in [4.69, 9.17) is 9.47 Å². The molecule has 0 fully saturated rings. The minimum atomic E-state index is -0.184. The number of nitrogens with zero attached hydrogens (tertiary/aromatic N) is 1. The highest BCUT2D eigenvalue weighted by Gasteiger charge is 2.16. The quantitative estimate of drug-likeness (QED) is 0.642. The molecule has 1 aromatic heterocycles. The zero-order valence-corrected chi connectivity index (χ0v) is 17.4. The summed E-state index contributed by atoms with van der Waals surface area (Å²) in [6.07, 6.45) is 0.730. The molecule has 0 aliphatic heterocycles. The second kappa shape index (κ2) is 8.89. The van der Waals surface area contributed by atoms with Crippen LogP contribution in [-0.4, -0.2) is 31.7 Å². The smallest absolute Gasteiger partial charge is 0.255 e. The minimum absolute atomic E-state index is 0.184. The third kappa shape index (κ3) is 4.34. The van der Waals surface area contributed by atoms with E-state index in [1.807, 2.05) is 6.92 Å². The zero-order chi connectivity index (χ0) is 20.1. The van der Waals surface area contributed by atoms with Gasteiger partial charge in [0.2, 0.25) is 0 Å². The highest BCUT2D eigenvalue weighted by molar-refractivity contribution is 7.15. The number of para-hydroxylation sites is 1. The predicted molar refractivity (Wildman–Crippen MR) is 113 cm³/mol. The van der Waals surface area contributed by atoms with Crippen LogP contribution in [0.15, 0.2) is 42.5 Å². The molecule has 0 unspecified atom stereocenters. The fourth-order valence-electron chi connectivity index (χ4n) is 2.93. The van der Waals surface area contributed by atoms with Crippen LogP contribution < -0.4 is 14.8 Å². The molecule has 0 bridgehead atoms. The molecule has 0 aliphatic carbocycles. The van der Waals surface area contributed by atoms with Crippen LogP contribution in [0.2, 0.25) is 0 Å². The van der Waals surface area contributed by atoms with Gasteiger partial charge in [0, 0.05) is 23.4 Å². The number of carbonyl (C=O) groups excluding carboxylic acids is 1. The third-order valence-electron chi connectivity index (χ3n) is 4.48. The van der Waals surface area contributed by atoms with Gasteiger partial charge >= 0.3 is 0 Å². The summed E-state index contributed by atoms with van der Waals surface area (Å²) in [5.41, 5.74) is 3.82. The molecule has 3 rings (SSSR count). The van der Waals surface area contributed by atoms with Crippen LogP contribution in [0.25, 0.3) is 10.6 Å². The third-order valence-corrected chi connectivity index (χ3v) is 5.74. The summed E-state index contributed by atoms with van der Waals surface area (Å²) < 4.78 is 10.6. The number of hydrogen-bond acceptors (Lipinski definition) is 5. The van der Waals surface area contributed by atoms with E-state index in [0.29, 0.717) is 23.6 Å². The normalized spacial score (nSPS) is 10.6. The zero-order valence-electron chi connectivity index (χ0n) is 16.5. The molecule has 28 heavy (non-hydrogen) atoms. The molecule has 0 saturated heterocycles. The van der Waals surface area contributed by atoms with E-state index in [1.165, 1.54) is 17.6 Å². The number of methoxy groups -OCH3 is 2. The maximum absolute atomic E-state index is 12.6. The van der Waals surface area contributed by atoms with Crippen LogP contribution in [0, 0.1) is 13.8 Å². The molecule has 6 heteroatoms. The monoisotopic (exact) mass is 396 g/mol. The Morgan fingerprint density at radius 3 is 2.50 bits per heavy atom. The second-order valence-corrected chi connectivity index (χ2v) is 7.52. The molecule has 0 spiro atoms. The van der Waals surface area contributed by atoms with E-state index in [0.717, 1.165) is 22.7 Å². The summed E-state index contributed by atoms with van der Waals surface area (Å²) in [5, 5.41) is 3.97. The minimum Gasteiger partial charge on any atom is -0.493 e. The number of nitrogens with one attached hydrogen (secondary N) is 1. The number of amides is 1. The number of aromatic nitrogens is 1. The van der Waals surface area contributed by atoms with Gasteiger partial charge in [-0.3, -0.25) is 4.79 Å². The van der Waals surface area contributed by atoms with Crippen LogP contribution in [0.1, 0.15) is 26.5 Å². The number of carbonyl (C=O) groups is 1. The lowest BCUT2D eigenvalue weighted by molar-refractivity contribution is 0.0950. The van der Waals surface area contributed by atoms with E-state index in [-0.39, 0.29) is 5.91 Å². The fourth-order valence-corrected chi connectivity index (χ4v) is 4.00. The van der Waals surface area contributed by atoms with Crippen molar-refractivity contribution < 1.29 is 14.3 Å². The van der Waals surface area contributed by atoms with Crippen LogP contribution in [0.3, 0.4) is 0 Å². The first-order valence-electron chi connectivity index (χ1n) is 9.06. The van der Waals surface area contributed by atoms with Crippen molar-refractivity contribution >= 4 is 17.2 Å². The second-order valence-electron chi connectivity index (χ2n) is 6.44. The number of benzene rings is 2. The van der Waals surface area contributed by atoms with Gasteiger partial charge in [-0.15, -0.1) is 11.3 Å². The SMILES string of the molecule is COc1cccc(C(=O)NCCc2sc(-c3ccc(C)cc3)nc2C)c1OC. The number of ether oxygens (including phenoxy) is 2. The van der Waals surface area contributed by atoms with Crippen LogP contribution in [0.4, 0.5) is 0 Å². The number of aryl methyl sites for hydroxylation is 2. The van der Waals surface area contributed by atoms with Gasteiger partial charge in [0.25, 0.3) is 5.91 Å². The summed E-state index contributed by atoms with van der Waals surface area (Å²) in [4.78, 5) is 18.4. The Morgan fingerprint density at radius 2 is 1.82 bits per heavy atom. The Morgan fingerprint density at radius 1 is 1.07 bits per heavy atom. The van der Waals surface area contributed by atoms with Crippen LogP contribution >= 0.6 is 11.3 Å². The molecular formula is C22H24N2O3S. The van der Waals surface area contributed by atoms with Crippen molar-refractivity contribution in [2.45, 2.75) is 20.3 Å². The number of thiazole rings is 1. The lowest BCUT2D eigenvalue weighted by atomic mass is 10.1. The Hall–Kier alpha value is -2.86. The Kier molecular flexibility index (Phi) is 6.31.